The highest BCUT2D eigenvalue weighted by atomic mass is 32.2. The molecule has 0 amide bonds. The Morgan fingerprint density at radius 1 is 1.42 bits per heavy atom. The first-order chi connectivity index (χ1) is 5.87. The molecule has 1 fully saturated rings. The zero-order valence-electron chi connectivity index (χ0n) is 6.95. The van der Waals surface area contributed by atoms with Crippen LogP contribution in [0.1, 0.15) is 25.7 Å². The molecular weight excluding hydrogens is 172 g/mol. The maximum Gasteiger partial charge on any atom is 0.184 e. The van der Waals surface area contributed by atoms with Gasteiger partial charge >= 0.3 is 0 Å². The van der Waals surface area contributed by atoms with Gasteiger partial charge in [0.2, 0.25) is 0 Å². The molecule has 66 valence electrons. The fraction of sp³-hybridized carbons (Fsp3) is 0.875. The van der Waals surface area contributed by atoms with E-state index in [1.54, 1.807) is 0 Å². The fourth-order valence-electron chi connectivity index (χ4n) is 2.03. The van der Waals surface area contributed by atoms with Crippen LogP contribution in [0, 0.1) is 4.91 Å². The Morgan fingerprint density at radius 3 is 2.83 bits per heavy atom. The third-order valence-corrected chi connectivity index (χ3v) is 4.17. The number of thioether (sulfide) groups is 1. The van der Waals surface area contributed by atoms with E-state index in [-0.39, 0.29) is 4.75 Å². The van der Waals surface area contributed by atoms with E-state index in [4.69, 9.17) is 0 Å². The van der Waals surface area contributed by atoms with Crippen molar-refractivity contribution >= 4 is 17.6 Å². The van der Waals surface area contributed by atoms with Crippen LogP contribution >= 0.6 is 11.8 Å². The molecule has 4 heteroatoms. The Hall–Kier alpha value is -0.380. The highest BCUT2D eigenvalue weighted by Crippen LogP contribution is 2.44. The van der Waals surface area contributed by atoms with Crippen molar-refractivity contribution in [3.05, 3.63) is 4.91 Å². The lowest BCUT2D eigenvalue weighted by atomic mass is 10.1. The highest BCUT2D eigenvalue weighted by Gasteiger charge is 2.41. The van der Waals surface area contributed by atoms with Gasteiger partial charge in [-0.3, -0.25) is 4.99 Å². The lowest BCUT2D eigenvalue weighted by Gasteiger charge is -2.28. The quantitative estimate of drug-likeness (QED) is 0.542. The first-order valence-electron chi connectivity index (χ1n) is 4.40. The van der Waals surface area contributed by atoms with Crippen molar-refractivity contribution in [2.24, 2.45) is 10.2 Å². The number of amidine groups is 1. The number of aliphatic imine (C=N–C) groups is 1. The van der Waals surface area contributed by atoms with Crippen molar-refractivity contribution in [2.75, 3.05) is 12.3 Å². The SMILES string of the molecule is O=NC1=NCCSC12CCCC2. The number of hydrogen-bond donors (Lipinski definition) is 0. The van der Waals surface area contributed by atoms with Crippen LogP contribution in [0.2, 0.25) is 0 Å². The molecule has 0 atom stereocenters. The molecule has 1 heterocycles. The molecule has 2 aliphatic rings. The molecule has 0 aromatic rings. The molecule has 12 heavy (non-hydrogen) atoms. The zero-order valence-corrected chi connectivity index (χ0v) is 7.77. The van der Waals surface area contributed by atoms with E-state index in [0.29, 0.717) is 5.84 Å². The van der Waals surface area contributed by atoms with E-state index in [2.05, 4.69) is 10.2 Å². The van der Waals surface area contributed by atoms with Crippen LogP contribution in [0.25, 0.3) is 0 Å². The third kappa shape index (κ3) is 1.18. The second-order valence-electron chi connectivity index (χ2n) is 3.35. The van der Waals surface area contributed by atoms with Gasteiger partial charge in [0.05, 0.1) is 11.3 Å². The van der Waals surface area contributed by atoms with Gasteiger partial charge in [0.25, 0.3) is 0 Å². The third-order valence-electron chi connectivity index (χ3n) is 2.64. The van der Waals surface area contributed by atoms with Crippen molar-refractivity contribution in [3.8, 4) is 0 Å². The summed E-state index contributed by atoms with van der Waals surface area (Å²) in [6.07, 6.45) is 4.65. The normalized spacial score (nSPS) is 27.2. The van der Waals surface area contributed by atoms with Crippen molar-refractivity contribution in [3.63, 3.8) is 0 Å². The van der Waals surface area contributed by atoms with Gasteiger partial charge < -0.3 is 0 Å². The molecule has 0 radical (unpaired) electrons. The Balaban J connectivity index is 2.26. The van der Waals surface area contributed by atoms with E-state index in [1.165, 1.54) is 12.8 Å². The molecule has 1 saturated carbocycles. The summed E-state index contributed by atoms with van der Waals surface area (Å²) in [5, 5.41) is 3.06. The van der Waals surface area contributed by atoms with Crippen LogP contribution in [-0.4, -0.2) is 22.9 Å². The van der Waals surface area contributed by atoms with Crippen molar-refractivity contribution < 1.29 is 0 Å². The van der Waals surface area contributed by atoms with Gasteiger partial charge in [-0.1, -0.05) is 12.8 Å². The molecule has 0 aromatic carbocycles. The average Bonchev–Trinajstić information content (AvgIpc) is 2.55. The zero-order chi connectivity index (χ0) is 8.44. The van der Waals surface area contributed by atoms with Crippen molar-refractivity contribution in [1.82, 2.24) is 0 Å². The molecule has 0 saturated heterocycles. The monoisotopic (exact) mass is 184 g/mol. The standard InChI is InChI=1S/C8H12N2OS/c11-10-7-8(3-1-2-4-8)12-6-5-9-7/h1-6H2. The molecular formula is C8H12N2OS. The van der Waals surface area contributed by atoms with Gasteiger partial charge in [0, 0.05) is 5.75 Å². The van der Waals surface area contributed by atoms with Gasteiger partial charge in [0.1, 0.15) is 0 Å². The van der Waals surface area contributed by atoms with Crippen LogP contribution in [0.5, 0.6) is 0 Å². The lowest BCUT2D eigenvalue weighted by molar-refractivity contribution is 0.762. The lowest BCUT2D eigenvalue weighted by Crippen LogP contribution is -2.34. The number of nitrogens with zero attached hydrogens (tertiary/aromatic N) is 2. The summed E-state index contributed by atoms with van der Waals surface area (Å²) in [6.45, 7) is 0.771. The molecule has 3 nitrogen and oxygen atoms in total. The largest absolute Gasteiger partial charge is 0.265 e. The minimum absolute atomic E-state index is 0.0278. The van der Waals surface area contributed by atoms with Gasteiger partial charge in [-0.2, -0.15) is 0 Å². The molecule has 0 N–H and O–H groups in total. The van der Waals surface area contributed by atoms with Crippen LogP contribution in [0.4, 0.5) is 0 Å². The summed E-state index contributed by atoms with van der Waals surface area (Å²) in [7, 11) is 0. The van der Waals surface area contributed by atoms with Gasteiger partial charge in [-0.15, -0.1) is 16.7 Å². The summed E-state index contributed by atoms with van der Waals surface area (Å²) in [5.41, 5.74) is 0. The maximum absolute atomic E-state index is 10.5. The van der Waals surface area contributed by atoms with E-state index < -0.39 is 0 Å². The molecule has 1 spiro atoms. The Kier molecular flexibility index (Phi) is 2.17. The number of hydrogen-bond acceptors (Lipinski definition) is 4. The van der Waals surface area contributed by atoms with Crippen molar-refractivity contribution in [1.29, 1.82) is 0 Å². The van der Waals surface area contributed by atoms with Crippen LogP contribution in [0.3, 0.4) is 0 Å². The Bertz CT molecular complexity index is 221. The number of rotatable bonds is 0. The summed E-state index contributed by atoms with van der Waals surface area (Å²) < 4.78 is 0.0278. The predicted octanol–water partition coefficient (Wildman–Crippen LogP) is 2.21. The van der Waals surface area contributed by atoms with Crippen LogP contribution in [0.15, 0.2) is 10.2 Å². The van der Waals surface area contributed by atoms with E-state index in [9.17, 15) is 4.91 Å². The van der Waals surface area contributed by atoms with Gasteiger partial charge in [-0.05, 0) is 18.0 Å². The van der Waals surface area contributed by atoms with E-state index >= 15 is 0 Å². The highest BCUT2D eigenvalue weighted by molar-refractivity contribution is 8.01. The minimum atomic E-state index is 0.0278. The minimum Gasteiger partial charge on any atom is -0.265 e. The molecule has 1 aliphatic carbocycles. The smallest absolute Gasteiger partial charge is 0.184 e. The Morgan fingerprint density at radius 2 is 2.17 bits per heavy atom. The predicted molar refractivity (Wildman–Crippen MR) is 51.8 cm³/mol. The molecule has 1 aliphatic heterocycles. The second kappa shape index (κ2) is 3.17. The summed E-state index contributed by atoms with van der Waals surface area (Å²) in [5.74, 6) is 1.63. The Labute approximate surface area is 76.0 Å². The first-order valence-corrected chi connectivity index (χ1v) is 5.38. The van der Waals surface area contributed by atoms with Gasteiger partial charge in [-0.25, -0.2) is 0 Å². The topological polar surface area (TPSA) is 41.8 Å². The molecule has 0 aromatic heterocycles. The van der Waals surface area contributed by atoms with E-state index in [1.807, 2.05) is 11.8 Å². The molecule has 2 rings (SSSR count). The average molecular weight is 184 g/mol. The van der Waals surface area contributed by atoms with Crippen molar-refractivity contribution in [2.45, 2.75) is 30.4 Å². The molecule has 0 bridgehead atoms. The van der Waals surface area contributed by atoms with Gasteiger partial charge in [0.15, 0.2) is 5.84 Å². The van der Waals surface area contributed by atoms with Crippen LogP contribution in [-0.2, 0) is 0 Å². The summed E-state index contributed by atoms with van der Waals surface area (Å²) in [6, 6.07) is 0. The summed E-state index contributed by atoms with van der Waals surface area (Å²) in [4.78, 5) is 14.7. The fourth-order valence-corrected chi connectivity index (χ4v) is 3.41. The first kappa shape index (κ1) is 8.23. The maximum atomic E-state index is 10.5. The number of nitroso groups, excluding NO2 is 1. The summed E-state index contributed by atoms with van der Waals surface area (Å²) >= 11 is 1.88. The van der Waals surface area contributed by atoms with E-state index in [0.717, 1.165) is 25.1 Å². The molecule has 0 unspecified atom stereocenters. The van der Waals surface area contributed by atoms with Crippen LogP contribution < -0.4 is 0 Å². The second-order valence-corrected chi connectivity index (χ2v) is 4.82.